The van der Waals surface area contributed by atoms with Crippen molar-refractivity contribution in [1.29, 1.82) is 0 Å². The third kappa shape index (κ3) is 5.17. The van der Waals surface area contributed by atoms with Gasteiger partial charge in [-0.2, -0.15) is 0 Å². The zero-order valence-corrected chi connectivity index (χ0v) is 18.6. The van der Waals surface area contributed by atoms with Gasteiger partial charge in [0.15, 0.2) is 0 Å². The summed E-state index contributed by atoms with van der Waals surface area (Å²) in [6.07, 6.45) is 8.97. The second-order valence-corrected chi connectivity index (χ2v) is 8.53. The summed E-state index contributed by atoms with van der Waals surface area (Å²) in [5, 5.41) is 3.28. The van der Waals surface area contributed by atoms with Crippen LogP contribution in [0.15, 0.2) is 88.0 Å². The number of nitrogens with zero attached hydrogens (tertiary/aromatic N) is 1. The summed E-state index contributed by atoms with van der Waals surface area (Å²) in [5.74, 6) is 0.682. The minimum Gasteiger partial charge on any atom is -0.341 e. The first-order chi connectivity index (χ1) is 15.5. The molecule has 1 atom stereocenters. The number of aryl methyl sites for hydroxylation is 1. The van der Waals surface area contributed by atoms with Crippen LogP contribution in [0.3, 0.4) is 0 Å². The number of H-pyrrole nitrogens is 1. The summed E-state index contributed by atoms with van der Waals surface area (Å²) in [7, 11) is 0. The second-order valence-electron chi connectivity index (χ2n) is 8.53. The average molecular weight is 428 g/mol. The molecule has 0 saturated carbocycles. The van der Waals surface area contributed by atoms with Crippen LogP contribution in [-0.4, -0.2) is 9.55 Å². The van der Waals surface area contributed by atoms with Gasteiger partial charge in [-0.25, -0.2) is 4.79 Å². The molecule has 2 N–H and O–H groups in total. The number of aromatic nitrogens is 2. The van der Waals surface area contributed by atoms with Crippen LogP contribution in [0.25, 0.3) is 0 Å². The molecular weight excluding hydrogens is 398 g/mol. The smallest absolute Gasteiger partial charge is 0.330 e. The zero-order chi connectivity index (χ0) is 22.5. The molecule has 0 radical (unpaired) electrons. The lowest BCUT2D eigenvalue weighted by Crippen LogP contribution is -2.38. The first-order valence-electron chi connectivity index (χ1n) is 11.1. The molecule has 1 aliphatic rings. The monoisotopic (exact) mass is 427 g/mol. The van der Waals surface area contributed by atoms with Crippen LogP contribution in [0, 0.1) is 12.8 Å². The molecule has 0 fully saturated rings. The Morgan fingerprint density at radius 1 is 1.03 bits per heavy atom. The van der Waals surface area contributed by atoms with Crippen LogP contribution in [0.5, 0.6) is 0 Å². The summed E-state index contributed by atoms with van der Waals surface area (Å²) in [6.45, 7) is 4.39. The zero-order valence-electron chi connectivity index (χ0n) is 18.6. The third-order valence-corrected chi connectivity index (χ3v) is 5.87. The van der Waals surface area contributed by atoms with Gasteiger partial charge < -0.3 is 5.32 Å². The fourth-order valence-corrected chi connectivity index (χ4v) is 3.97. The molecule has 0 amide bonds. The van der Waals surface area contributed by atoms with E-state index in [1.165, 1.54) is 10.1 Å². The Labute approximate surface area is 188 Å². The lowest BCUT2D eigenvalue weighted by Gasteiger charge is -2.17. The molecule has 0 aliphatic heterocycles. The Morgan fingerprint density at radius 3 is 2.53 bits per heavy atom. The maximum absolute atomic E-state index is 13.5. The Kier molecular flexibility index (Phi) is 6.55. The topological polar surface area (TPSA) is 66.9 Å². The van der Waals surface area contributed by atoms with Crippen LogP contribution in [0.1, 0.15) is 36.5 Å². The van der Waals surface area contributed by atoms with E-state index >= 15 is 0 Å². The fourth-order valence-electron chi connectivity index (χ4n) is 3.97. The van der Waals surface area contributed by atoms with Crippen molar-refractivity contribution in [3.63, 3.8) is 0 Å². The Hall–Kier alpha value is -3.60. The van der Waals surface area contributed by atoms with Crippen molar-refractivity contribution < 1.29 is 0 Å². The van der Waals surface area contributed by atoms with E-state index < -0.39 is 5.69 Å². The van der Waals surface area contributed by atoms with Crippen LogP contribution >= 0.6 is 0 Å². The highest BCUT2D eigenvalue weighted by Gasteiger charge is 2.18. The third-order valence-electron chi connectivity index (χ3n) is 5.87. The predicted molar refractivity (Wildman–Crippen MR) is 131 cm³/mol. The Balaban J connectivity index is 1.74. The van der Waals surface area contributed by atoms with Gasteiger partial charge in [0, 0.05) is 5.69 Å². The standard InChI is InChI=1S/C27H29N3O2/c1-19-7-6-10-21(14-11-19)17-24-25(28-23-15-12-20(2)13-16-23)29-27(32)30(26(24)31)18-22-8-4-3-5-9-22/h3-6,8-13,15-16,21,28H,7,14,17-18H2,1-2H3,(H,29,32). The number of rotatable bonds is 6. The van der Waals surface area contributed by atoms with Crippen molar-refractivity contribution in [2.24, 2.45) is 5.92 Å². The van der Waals surface area contributed by atoms with Gasteiger partial charge in [0.2, 0.25) is 0 Å². The maximum atomic E-state index is 13.5. The van der Waals surface area contributed by atoms with Crippen molar-refractivity contribution in [3.05, 3.63) is 116 Å². The van der Waals surface area contributed by atoms with E-state index in [0.717, 1.165) is 29.7 Å². The SMILES string of the molecule is CC1=CCC(Cc2c(Nc3ccc(C)cc3)[nH]c(=O)n(Cc3ccccc3)c2=O)C=CC1. The maximum Gasteiger partial charge on any atom is 0.330 e. The Bertz CT molecular complexity index is 1250. The van der Waals surface area contributed by atoms with Gasteiger partial charge >= 0.3 is 5.69 Å². The number of hydrogen-bond donors (Lipinski definition) is 2. The van der Waals surface area contributed by atoms with E-state index in [9.17, 15) is 9.59 Å². The van der Waals surface area contributed by atoms with Crippen LogP contribution < -0.4 is 16.6 Å². The summed E-state index contributed by atoms with van der Waals surface area (Å²) in [4.78, 5) is 29.4. The summed E-state index contributed by atoms with van der Waals surface area (Å²) < 4.78 is 1.30. The first-order valence-corrected chi connectivity index (χ1v) is 11.1. The lowest BCUT2D eigenvalue weighted by atomic mass is 9.96. The van der Waals surface area contributed by atoms with Gasteiger partial charge in [-0.15, -0.1) is 0 Å². The minimum absolute atomic E-state index is 0.204. The number of benzene rings is 2. The predicted octanol–water partition coefficient (Wildman–Crippen LogP) is 5.09. The number of allylic oxidation sites excluding steroid dienone is 4. The van der Waals surface area contributed by atoms with Crippen LogP contribution in [0.2, 0.25) is 0 Å². The largest absolute Gasteiger partial charge is 0.341 e. The number of hydrogen-bond acceptors (Lipinski definition) is 3. The summed E-state index contributed by atoms with van der Waals surface area (Å²) >= 11 is 0. The van der Waals surface area contributed by atoms with Crippen molar-refractivity contribution >= 4 is 11.5 Å². The van der Waals surface area contributed by atoms with E-state index in [0.29, 0.717) is 17.8 Å². The molecule has 1 aromatic heterocycles. The molecule has 3 aromatic rings. The van der Waals surface area contributed by atoms with E-state index in [-0.39, 0.29) is 18.0 Å². The molecule has 5 heteroatoms. The van der Waals surface area contributed by atoms with E-state index in [1.54, 1.807) is 0 Å². The number of aromatic amines is 1. The number of nitrogens with one attached hydrogen (secondary N) is 2. The molecule has 5 nitrogen and oxygen atoms in total. The highest BCUT2D eigenvalue weighted by atomic mass is 16.2. The molecule has 4 rings (SSSR count). The highest BCUT2D eigenvalue weighted by molar-refractivity contribution is 5.59. The van der Waals surface area contributed by atoms with Gasteiger partial charge in [-0.1, -0.05) is 71.8 Å². The van der Waals surface area contributed by atoms with E-state index in [1.807, 2.05) is 61.5 Å². The summed E-state index contributed by atoms with van der Waals surface area (Å²) in [6, 6.07) is 17.5. The fraction of sp³-hybridized carbons (Fsp3) is 0.259. The van der Waals surface area contributed by atoms with Crippen molar-refractivity contribution in [1.82, 2.24) is 9.55 Å². The molecule has 0 saturated heterocycles. The van der Waals surface area contributed by atoms with Crippen molar-refractivity contribution in [3.8, 4) is 0 Å². The van der Waals surface area contributed by atoms with Crippen molar-refractivity contribution in [2.45, 2.75) is 39.7 Å². The van der Waals surface area contributed by atoms with Gasteiger partial charge in [0.25, 0.3) is 5.56 Å². The van der Waals surface area contributed by atoms with Gasteiger partial charge in [0.1, 0.15) is 5.82 Å². The Morgan fingerprint density at radius 2 is 1.78 bits per heavy atom. The minimum atomic E-state index is -0.413. The summed E-state index contributed by atoms with van der Waals surface area (Å²) in [5.41, 5.74) is 4.18. The normalized spacial score (nSPS) is 15.8. The number of anilines is 2. The molecule has 1 unspecified atom stereocenters. The van der Waals surface area contributed by atoms with Gasteiger partial charge in [-0.3, -0.25) is 14.3 Å². The van der Waals surface area contributed by atoms with Crippen LogP contribution in [0.4, 0.5) is 11.5 Å². The second kappa shape index (κ2) is 9.69. The van der Waals surface area contributed by atoms with Crippen molar-refractivity contribution in [2.75, 3.05) is 5.32 Å². The molecule has 32 heavy (non-hydrogen) atoms. The molecular formula is C27H29N3O2. The molecule has 0 bridgehead atoms. The molecule has 0 spiro atoms. The van der Waals surface area contributed by atoms with Gasteiger partial charge in [-0.05, 0) is 56.7 Å². The van der Waals surface area contributed by atoms with Gasteiger partial charge in [0.05, 0.1) is 12.1 Å². The van der Waals surface area contributed by atoms with Crippen LogP contribution in [-0.2, 0) is 13.0 Å². The highest BCUT2D eigenvalue weighted by Crippen LogP contribution is 2.23. The van der Waals surface area contributed by atoms with E-state index in [4.69, 9.17) is 0 Å². The molecule has 1 heterocycles. The average Bonchev–Trinajstić information content (AvgIpc) is 3.00. The van der Waals surface area contributed by atoms with E-state index in [2.05, 4.69) is 35.5 Å². The first kappa shape index (κ1) is 21.6. The molecule has 164 valence electrons. The molecule has 1 aliphatic carbocycles. The lowest BCUT2D eigenvalue weighted by molar-refractivity contribution is 0.628. The quantitative estimate of drug-likeness (QED) is 0.539. The molecule has 2 aromatic carbocycles.